The number of benzene rings is 1. The average molecular weight is 550 g/mol. The minimum atomic E-state index is -0.594. The standard InChI is InChI=1S/C23H24Cl3FN2O6/c1-14-10-19(31)20-22(29(14)21-16(24)11-15(27)12-17(21)25)18(26)13-28-23(20)35-9-8-34-7-6-33-5-4-32-3-2-30/h10-13,30H,2-9H2,1H3. The van der Waals surface area contributed by atoms with E-state index in [0.717, 1.165) is 12.1 Å². The van der Waals surface area contributed by atoms with Crippen LogP contribution < -0.4 is 10.2 Å². The van der Waals surface area contributed by atoms with Gasteiger partial charge in [0.1, 0.15) is 17.8 Å². The molecule has 0 spiro atoms. The summed E-state index contributed by atoms with van der Waals surface area (Å²) in [5, 5.41) is 9.02. The number of aromatic nitrogens is 2. The number of rotatable bonds is 13. The fraction of sp³-hybridized carbons (Fsp3) is 0.391. The first-order valence-corrected chi connectivity index (χ1v) is 11.8. The third-order valence-corrected chi connectivity index (χ3v) is 5.64. The van der Waals surface area contributed by atoms with Crippen molar-refractivity contribution in [2.45, 2.75) is 6.92 Å². The van der Waals surface area contributed by atoms with E-state index in [2.05, 4.69) is 4.98 Å². The van der Waals surface area contributed by atoms with Gasteiger partial charge in [-0.1, -0.05) is 34.8 Å². The predicted octanol–water partition coefficient (Wildman–Crippen LogP) is 4.21. The Hall–Kier alpha value is -1.98. The summed E-state index contributed by atoms with van der Waals surface area (Å²) in [4.78, 5) is 17.1. The van der Waals surface area contributed by atoms with Crippen LogP contribution in [0.25, 0.3) is 16.6 Å². The van der Waals surface area contributed by atoms with Crippen molar-refractivity contribution in [2.24, 2.45) is 0 Å². The highest BCUT2D eigenvalue weighted by Crippen LogP contribution is 2.36. The molecule has 0 saturated carbocycles. The molecule has 0 aliphatic rings. The highest BCUT2D eigenvalue weighted by molar-refractivity contribution is 6.38. The highest BCUT2D eigenvalue weighted by atomic mass is 35.5. The molecule has 0 aliphatic heterocycles. The molecule has 0 radical (unpaired) electrons. The molecule has 2 heterocycles. The second-order valence-electron chi connectivity index (χ2n) is 7.25. The lowest BCUT2D eigenvalue weighted by Gasteiger charge is -2.19. The zero-order chi connectivity index (χ0) is 25.4. The first kappa shape index (κ1) is 27.6. The summed E-state index contributed by atoms with van der Waals surface area (Å²) < 4.78 is 36.9. The van der Waals surface area contributed by atoms with Crippen molar-refractivity contribution in [3.63, 3.8) is 0 Å². The average Bonchev–Trinajstić information content (AvgIpc) is 2.80. The van der Waals surface area contributed by atoms with Gasteiger partial charge in [-0.3, -0.25) is 4.79 Å². The molecule has 190 valence electrons. The Bertz CT molecular complexity index is 1200. The van der Waals surface area contributed by atoms with Crippen molar-refractivity contribution in [1.82, 2.24) is 9.55 Å². The van der Waals surface area contributed by atoms with Gasteiger partial charge in [-0.05, 0) is 19.1 Å². The molecular formula is C23H24Cl3FN2O6. The molecule has 0 unspecified atom stereocenters. The molecule has 3 aromatic rings. The lowest BCUT2D eigenvalue weighted by atomic mass is 10.2. The lowest BCUT2D eigenvalue weighted by molar-refractivity contribution is 0.00349. The molecule has 35 heavy (non-hydrogen) atoms. The smallest absolute Gasteiger partial charge is 0.227 e. The number of fused-ring (bicyclic) bond motifs is 1. The van der Waals surface area contributed by atoms with Crippen LogP contribution in [0.3, 0.4) is 0 Å². The van der Waals surface area contributed by atoms with Crippen LogP contribution in [-0.4, -0.2) is 67.5 Å². The van der Waals surface area contributed by atoms with Crippen molar-refractivity contribution >= 4 is 45.7 Å². The molecule has 0 amide bonds. The second-order valence-corrected chi connectivity index (χ2v) is 8.47. The SMILES string of the molecule is Cc1cc(=O)c2c(OCCOCCOCCOCCO)ncc(Cl)c2n1-c1c(Cl)cc(F)cc1Cl. The molecule has 0 fully saturated rings. The van der Waals surface area contributed by atoms with E-state index in [1.807, 2.05) is 0 Å². The van der Waals surface area contributed by atoms with Crippen molar-refractivity contribution in [2.75, 3.05) is 52.9 Å². The Labute approximate surface area is 216 Å². The molecule has 1 N–H and O–H groups in total. The largest absolute Gasteiger partial charge is 0.475 e. The molecule has 0 saturated heterocycles. The van der Waals surface area contributed by atoms with Crippen LogP contribution in [0.2, 0.25) is 15.1 Å². The van der Waals surface area contributed by atoms with Gasteiger partial charge in [-0.15, -0.1) is 0 Å². The van der Waals surface area contributed by atoms with E-state index in [9.17, 15) is 9.18 Å². The molecule has 3 rings (SSSR count). The van der Waals surface area contributed by atoms with Crippen LogP contribution in [0.15, 0.2) is 29.2 Å². The van der Waals surface area contributed by atoms with Gasteiger partial charge in [0, 0.05) is 11.8 Å². The Morgan fingerprint density at radius 1 is 0.914 bits per heavy atom. The Morgan fingerprint density at radius 2 is 1.49 bits per heavy atom. The Morgan fingerprint density at radius 3 is 2.09 bits per heavy atom. The van der Waals surface area contributed by atoms with Crippen LogP contribution in [0, 0.1) is 12.7 Å². The van der Waals surface area contributed by atoms with Gasteiger partial charge in [-0.25, -0.2) is 9.37 Å². The first-order valence-electron chi connectivity index (χ1n) is 10.7. The van der Waals surface area contributed by atoms with Gasteiger partial charge in [0.25, 0.3) is 0 Å². The molecule has 2 aromatic heterocycles. The van der Waals surface area contributed by atoms with Gasteiger partial charge in [0.2, 0.25) is 5.88 Å². The maximum absolute atomic E-state index is 13.8. The monoisotopic (exact) mass is 548 g/mol. The fourth-order valence-corrected chi connectivity index (χ4v) is 4.21. The van der Waals surface area contributed by atoms with Crippen molar-refractivity contribution in [1.29, 1.82) is 0 Å². The third kappa shape index (κ3) is 7.04. The summed E-state index contributed by atoms with van der Waals surface area (Å²) in [5.74, 6) is -0.526. The molecule has 0 bridgehead atoms. The number of aliphatic hydroxyl groups is 1. The van der Waals surface area contributed by atoms with E-state index in [-0.39, 0.29) is 69.4 Å². The van der Waals surface area contributed by atoms with E-state index < -0.39 is 5.82 Å². The number of aryl methyl sites for hydroxylation is 1. The van der Waals surface area contributed by atoms with E-state index in [0.29, 0.717) is 32.1 Å². The summed E-state index contributed by atoms with van der Waals surface area (Å²) in [6.07, 6.45) is 1.35. The van der Waals surface area contributed by atoms with E-state index in [1.165, 1.54) is 12.3 Å². The number of pyridine rings is 2. The molecule has 0 aliphatic carbocycles. The van der Waals surface area contributed by atoms with Crippen LogP contribution in [0.5, 0.6) is 5.88 Å². The Kier molecular flexibility index (Phi) is 10.5. The Balaban J connectivity index is 1.74. The molecule has 8 nitrogen and oxygen atoms in total. The fourth-order valence-electron chi connectivity index (χ4n) is 3.35. The highest BCUT2D eigenvalue weighted by Gasteiger charge is 2.20. The molecule has 1 aromatic carbocycles. The zero-order valence-corrected chi connectivity index (χ0v) is 21.1. The van der Waals surface area contributed by atoms with Crippen LogP contribution in [-0.2, 0) is 14.2 Å². The van der Waals surface area contributed by atoms with Gasteiger partial charge in [0.15, 0.2) is 5.43 Å². The van der Waals surface area contributed by atoms with Gasteiger partial charge in [0.05, 0.1) is 78.7 Å². The summed E-state index contributed by atoms with van der Waals surface area (Å²) in [6.45, 7) is 3.78. The minimum absolute atomic E-state index is 0.0257. The number of halogens is 4. The number of aliphatic hydroxyl groups excluding tert-OH is 1. The van der Waals surface area contributed by atoms with Gasteiger partial charge in [-0.2, -0.15) is 0 Å². The predicted molar refractivity (Wildman–Crippen MR) is 132 cm³/mol. The summed E-state index contributed by atoms with van der Waals surface area (Å²) >= 11 is 19.0. The number of hydrogen-bond acceptors (Lipinski definition) is 7. The number of nitrogens with zero attached hydrogens (tertiary/aromatic N) is 2. The lowest BCUT2D eigenvalue weighted by Crippen LogP contribution is -2.16. The summed E-state index contributed by atoms with van der Waals surface area (Å²) in [6, 6.07) is 3.63. The maximum atomic E-state index is 13.8. The van der Waals surface area contributed by atoms with Crippen LogP contribution in [0.4, 0.5) is 4.39 Å². The van der Waals surface area contributed by atoms with E-state index in [4.69, 9.17) is 58.9 Å². The van der Waals surface area contributed by atoms with E-state index >= 15 is 0 Å². The first-order chi connectivity index (χ1) is 16.8. The van der Waals surface area contributed by atoms with Crippen LogP contribution >= 0.6 is 34.8 Å². The molecule has 12 heteroatoms. The molecule has 0 atom stereocenters. The summed E-state index contributed by atoms with van der Waals surface area (Å²) in [5.41, 5.74) is 0.698. The zero-order valence-electron chi connectivity index (χ0n) is 18.9. The van der Waals surface area contributed by atoms with Gasteiger partial charge < -0.3 is 28.6 Å². The third-order valence-electron chi connectivity index (χ3n) is 4.79. The normalized spacial score (nSPS) is 11.4. The van der Waals surface area contributed by atoms with Gasteiger partial charge >= 0.3 is 0 Å². The van der Waals surface area contributed by atoms with Crippen molar-refractivity contribution < 1.29 is 28.4 Å². The maximum Gasteiger partial charge on any atom is 0.227 e. The van der Waals surface area contributed by atoms with Crippen molar-refractivity contribution in [3.05, 3.63) is 61.2 Å². The minimum Gasteiger partial charge on any atom is -0.475 e. The number of ether oxygens (including phenoxy) is 4. The van der Waals surface area contributed by atoms with E-state index in [1.54, 1.807) is 11.5 Å². The second kappa shape index (κ2) is 13.4. The van der Waals surface area contributed by atoms with Crippen LogP contribution in [0.1, 0.15) is 5.69 Å². The quantitative estimate of drug-likeness (QED) is 0.319. The number of hydrogen-bond donors (Lipinski definition) is 1. The molecular weight excluding hydrogens is 526 g/mol. The summed E-state index contributed by atoms with van der Waals surface area (Å²) in [7, 11) is 0. The van der Waals surface area contributed by atoms with Crippen molar-refractivity contribution in [3.8, 4) is 11.6 Å². The topological polar surface area (TPSA) is 92.0 Å².